The molecule has 0 radical (unpaired) electrons. The topological polar surface area (TPSA) is 9.23 Å². The van der Waals surface area contributed by atoms with Crippen LogP contribution in [0.5, 0.6) is 0 Å². The lowest BCUT2D eigenvalue weighted by atomic mass is 10.2. The molecule has 0 N–H and O–H groups in total. The Morgan fingerprint density at radius 2 is 1.55 bits per heavy atom. The van der Waals surface area contributed by atoms with Crippen molar-refractivity contribution < 1.29 is 4.43 Å². The second kappa shape index (κ2) is 10.4. The van der Waals surface area contributed by atoms with Gasteiger partial charge in [0, 0.05) is 6.61 Å². The van der Waals surface area contributed by atoms with Gasteiger partial charge in [-0.2, -0.15) is 0 Å². The van der Waals surface area contributed by atoms with Crippen molar-refractivity contribution in [3.63, 3.8) is 0 Å². The Morgan fingerprint density at radius 3 is 2.10 bits per heavy atom. The third-order valence-corrected chi connectivity index (χ3v) is 8.74. The van der Waals surface area contributed by atoms with E-state index in [-0.39, 0.29) is 0 Å². The van der Waals surface area contributed by atoms with Crippen LogP contribution >= 0.6 is 0 Å². The van der Waals surface area contributed by atoms with E-state index < -0.39 is 8.32 Å². The number of rotatable bonds is 10. The summed E-state index contributed by atoms with van der Waals surface area (Å²) < 4.78 is 6.17. The average Bonchev–Trinajstić information content (AvgIpc) is 2.34. The molecular formula is C18H36OSi. The highest BCUT2D eigenvalue weighted by Crippen LogP contribution is 2.36. The third-order valence-electron chi connectivity index (χ3n) is 4.20. The van der Waals surface area contributed by atoms with Crippen molar-refractivity contribution in [1.29, 1.82) is 0 Å². The molecule has 0 aliphatic rings. The maximum atomic E-state index is 6.17. The molecule has 0 rings (SSSR count). The highest BCUT2D eigenvalue weighted by molar-refractivity contribution is 6.74. The minimum atomic E-state index is -1.52. The van der Waals surface area contributed by atoms with Crippen molar-refractivity contribution in [3.8, 4) is 0 Å². The lowest BCUT2D eigenvalue weighted by Gasteiger charge is -2.36. The number of hydrogen-bond acceptors (Lipinski definition) is 1. The Labute approximate surface area is 128 Å². The molecular weight excluding hydrogens is 260 g/mol. The van der Waals surface area contributed by atoms with Gasteiger partial charge in [-0.15, -0.1) is 5.73 Å². The van der Waals surface area contributed by atoms with Crippen molar-refractivity contribution in [3.05, 3.63) is 17.9 Å². The van der Waals surface area contributed by atoms with Gasteiger partial charge in [-0.3, -0.25) is 0 Å². The lowest BCUT2D eigenvalue weighted by molar-refractivity contribution is 0.278. The molecule has 0 saturated heterocycles. The second-order valence-corrected chi connectivity index (χ2v) is 12.0. The molecule has 0 unspecified atom stereocenters. The minimum absolute atomic E-state index is 0.332. The first-order valence-corrected chi connectivity index (χ1v) is 11.3. The van der Waals surface area contributed by atoms with Gasteiger partial charge in [-0.1, -0.05) is 40.5 Å². The number of unbranched alkanes of at least 4 members (excludes halogenated alkanes) is 5. The highest BCUT2D eigenvalue weighted by atomic mass is 28.4. The molecule has 1 nitrogen and oxygen atoms in total. The Kier molecular flexibility index (Phi) is 10.3. The van der Waals surface area contributed by atoms with Crippen LogP contribution in [0.2, 0.25) is 18.1 Å². The number of hydrogen-bond donors (Lipinski definition) is 0. The van der Waals surface area contributed by atoms with Gasteiger partial charge in [0.15, 0.2) is 8.32 Å². The average molecular weight is 297 g/mol. The SMILES string of the molecule is CCCCC=C=CCCCCCO[Si](C)(C)C(C)(C)C. The van der Waals surface area contributed by atoms with Crippen molar-refractivity contribution in [2.75, 3.05) is 6.61 Å². The van der Waals surface area contributed by atoms with Gasteiger partial charge in [-0.25, -0.2) is 0 Å². The summed E-state index contributed by atoms with van der Waals surface area (Å²) in [4.78, 5) is 0. The van der Waals surface area contributed by atoms with Crippen LogP contribution in [0.4, 0.5) is 0 Å². The zero-order chi connectivity index (χ0) is 15.5. The summed E-state index contributed by atoms with van der Waals surface area (Å²) >= 11 is 0. The van der Waals surface area contributed by atoms with E-state index in [0.29, 0.717) is 5.04 Å². The predicted molar refractivity (Wildman–Crippen MR) is 93.8 cm³/mol. The van der Waals surface area contributed by atoms with E-state index in [4.69, 9.17) is 4.43 Å². The highest BCUT2D eigenvalue weighted by Gasteiger charge is 2.36. The van der Waals surface area contributed by atoms with E-state index in [1.165, 1.54) is 38.5 Å². The van der Waals surface area contributed by atoms with Crippen LogP contribution in [0.15, 0.2) is 17.9 Å². The van der Waals surface area contributed by atoms with E-state index >= 15 is 0 Å². The van der Waals surface area contributed by atoms with Crippen molar-refractivity contribution in [2.45, 2.75) is 90.8 Å². The summed E-state index contributed by atoms with van der Waals surface area (Å²) in [6.07, 6.45) is 13.0. The van der Waals surface area contributed by atoms with Gasteiger partial charge in [0.25, 0.3) is 0 Å². The summed E-state index contributed by atoms with van der Waals surface area (Å²) in [6, 6.07) is 0. The summed E-state index contributed by atoms with van der Waals surface area (Å²) in [6.45, 7) is 14.7. The van der Waals surface area contributed by atoms with Gasteiger partial charge in [-0.05, 0) is 62.4 Å². The van der Waals surface area contributed by atoms with Crippen LogP contribution < -0.4 is 0 Å². The quantitative estimate of drug-likeness (QED) is 0.255. The van der Waals surface area contributed by atoms with Gasteiger partial charge in [0.05, 0.1) is 0 Å². The molecule has 0 spiro atoms. The molecule has 2 heteroatoms. The normalized spacial score (nSPS) is 12.1. The molecule has 118 valence electrons. The summed E-state index contributed by atoms with van der Waals surface area (Å²) in [5, 5.41) is 0.332. The first kappa shape index (κ1) is 19.7. The van der Waals surface area contributed by atoms with Crippen LogP contribution in [0.3, 0.4) is 0 Å². The van der Waals surface area contributed by atoms with E-state index in [2.05, 4.69) is 58.7 Å². The molecule has 0 aromatic rings. The van der Waals surface area contributed by atoms with Gasteiger partial charge < -0.3 is 4.43 Å². The smallest absolute Gasteiger partial charge is 0.191 e. The van der Waals surface area contributed by atoms with E-state index in [9.17, 15) is 0 Å². The van der Waals surface area contributed by atoms with Crippen molar-refractivity contribution in [1.82, 2.24) is 0 Å². The van der Waals surface area contributed by atoms with Crippen molar-refractivity contribution >= 4 is 8.32 Å². The zero-order valence-electron chi connectivity index (χ0n) is 14.7. The van der Waals surface area contributed by atoms with E-state index in [0.717, 1.165) is 13.0 Å². The first-order valence-electron chi connectivity index (χ1n) is 8.34. The largest absolute Gasteiger partial charge is 0.417 e. The molecule has 0 fully saturated rings. The second-order valence-electron chi connectivity index (χ2n) is 7.18. The molecule has 0 bridgehead atoms. The molecule has 0 heterocycles. The summed E-state index contributed by atoms with van der Waals surface area (Å²) in [5.74, 6) is 0. The molecule has 0 aliphatic carbocycles. The third kappa shape index (κ3) is 9.58. The Balaban J connectivity index is 3.57. The van der Waals surface area contributed by atoms with Crippen LogP contribution in [-0.2, 0) is 4.43 Å². The summed E-state index contributed by atoms with van der Waals surface area (Å²) in [5.41, 5.74) is 3.28. The Bertz CT molecular complexity index is 293. The maximum absolute atomic E-state index is 6.17. The van der Waals surface area contributed by atoms with E-state index in [1.54, 1.807) is 0 Å². The van der Waals surface area contributed by atoms with Gasteiger partial charge in [0.2, 0.25) is 0 Å². The molecule has 0 amide bonds. The fraction of sp³-hybridized carbons (Fsp3) is 0.833. The molecule has 0 aliphatic heterocycles. The van der Waals surface area contributed by atoms with Crippen LogP contribution in [0.25, 0.3) is 0 Å². The van der Waals surface area contributed by atoms with Crippen LogP contribution in [-0.4, -0.2) is 14.9 Å². The molecule has 0 aromatic carbocycles. The monoisotopic (exact) mass is 296 g/mol. The van der Waals surface area contributed by atoms with Gasteiger partial charge >= 0.3 is 0 Å². The Morgan fingerprint density at radius 1 is 0.950 bits per heavy atom. The molecule has 0 aromatic heterocycles. The van der Waals surface area contributed by atoms with E-state index in [1.807, 2.05) is 0 Å². The van der Waals surface area contributed by atoms with Gasteiger partial charge in [0.1, 0.15) is 0 Å². The fourth-order valence-corrected chi connectivity index (χ4v) is 2.71. The Hall–Kier alpha value is -0.303. The first-order chi connectivity index (χ1) is 9.31. The summed E-state index contributed by atoms with van der Waals surface area (Å²) in [7, 11) is -1.52. The fourth-order valence-electron chi connectivity index (χ4n) is 1.63. The standard InChI is InChI=1S/C18H36OSi/c1-7-8-9-10-11-12-13-14-15-16-17-19-20(5,6)18(2,3)4/h10,12H,7-9,13-17H2,1-6H3. The number of allylic oxidation sites excluding steroid dienone is 1. The van der Waals surface area contributed by atoms with Crippen molar-refractivity contribution in [2.24, 2.45) is 0 Å². The zero-order valence-corrected chi connectivity index (χ0v) is 15.7. The maximum Gasteiger partial charge on any atom is 0.191 e. The lowest BCUT2D eigenvalue weighted by Crippen LogP contribution is -2.40. The molecule has 0 saturated carbocycles. The minimum Gasteiger partial charge on any atom is -0.417 e. The molecule has 20 heavy (non-hydrogen) atoms. The predicted octanol–water partition coefficient (Wildman–Crippen LogP) is 6.47. The molecule has 0 atom stereocenters. The van der Waals surface area contributed by atoms with Crippen LogP contribution in [0.1, 0.15) is 72.6 Å². The van der Waals surface area contributed by atoms with Crippen LogP contribution in [0, 0.1) is 0 Å².